The fourth-order valence-corrected chi connectivity index (χ4v) is 4.22. The minimum absolute atomic E-state index is 0.0116. The van der Waals surface area contributed by atoms with Crippen LogP contribution in [0.4, 0.5) is 4.39 Å². The van der Waals surface area contributed by atoms with Crippen LogP contribution in [0.3, 0.4) is 0 Å². The number of hydrogen-bond acceptors (Lipinski definition) is 5. The van der Waals surface area contributed by atoms with E-state index in [1.54, 1.807) is 37.4 Å². The Labute approximate surface area is 196 Å². The van der Waals surface area contributed by atoms with Crippen LogP contribution >= 0.6 is 35.0 Å². The largest absolute Gasteiger partial charge is 0.341 e. The average molecular weight is 492 g/mol. The number of nitrogens with one attached hydrogen (secondary N) is 1. The molecule has 2 aromatic heterocycles. The molecule has 0 atom stereocenters. The van der Waals surface area contributed by atoms with E-state index in [-0.39, 0.29) is 39.5 Å². The number of nitrogens with zero attached hydrogens (tertiary/aromatic N) is 4. The van der Waals surface area contributed by atoms with Gasteiger partial charge in [0, 0.05) is 29.2 Å². The van der Waals surface area contributed by atoms with Crippen LogP contribution in [0.1, 0.15) is 5.56 Å². The number of benzene rings is 2. The monoisotopic (exact) mass is 491 g/mol. The van der Waals surface area contributed by atoms with Crippen LogP contribution in [0.5, 0.6) is 0 Å². The topological polar surface area (TPSA) is 83.9 Å². The summed E-state index contributed by atoms with van der Waals surface area (Å²) >= 11 is 13.2. The third kappa shape index (κ3) is 4.64. The Balaban J connectivity index is 1.52. The first-order valence-electron chi connectivity index (χ1n) is 9.37. The second-order valence-corrected chi connectivity index (χ2v) is 8.69. The fraction of sp³-hybridized carbons (Fsp3) is 0.143. The van der Waals surface area contributed by atoms with E-state index >= 15 is 0 Å². The maximum atomic E-state index is 14.0. The molecule has 1 amide bonds. The summed E-state index contributed by atoms with van der Waals surface area (Å²) in [7, 11) is 1.55. The average Bonchev–Trinajstić information content (AvgIpc) is 3.19. The van der Waals surface area contributed by atoms with Gasteiger partial charge in [0.15, 0.2) is 10.8 Å². The van der Waals surface area contributed by atoms with E-state index in [2.05, 4.69) is 15.1 Å². The standard InChI is InChI=1S/C21H16Cl2FN5O2S/c1-28(10-15-16(23)6-3-7-17(15)24)18(30)11-32-21-26-19-14(20(31)27-21)9-25-29(19)13-5-2-4-12(22)8-13/h2-9H,10-11H2,1H3,(H,26,27,31). The van der Waals surface area contributed by atoms with Crippen LogP contribution in [0.15, 0.2) is 58.6 Å². The second-order valence-electron chi connectivity index (χ2n) is 6.88. The molecule has 0 spiro atoms. The Bertz CT molecular complexity index is 1350. The third-order valence-electron chi connectivity index (χ3n) is 4.68. The van der Waals surface area contributed by atoms with E-state index in [1.807, 2.05) is 0 Å². The minimum Gasteiger partial charge on any atom is -0.341 e. The highest BCUT2D eigenvalue weighted by Gasteiger charge is 2.17. The fourth-order valence-electron chi connectivity index (χ4n) is 3.01. The van der Waals surface area contributed by atoms with E-state index in [0.717, 1.165) is 11.8 Å². The van der Waals surface area contributed by atoms with Gasteiger partial charge in [-0.3, -0.25) is 9.59 Å². The number of hydrogen-bond donors (Lipinski definition) is 1. The van der Waals surface area contributed by atoms with Gasteiger partial charge in [-0.25, -0.2) is 14.1 Å². The summed E-state index contributed by atoms with van der Waals surface area (Å²) in [6.45, 7) is 0.0232. The molecule has 2 heterocycles. The summed E-state index contributed by atoms with van der Waals surface area (Å²) in [4.78, 5) is 33.5. The number of halogens is 3. The van der Waals surface area contributed by atoms with Gasteiger partial charge >= 0.3 is 0 Å². The molecular weight excluding hydrogens is 476 g/mol. The highest BCUT2D eigenvalue weighted by Crippen LogP contribution is 2.22. The molecule has 32 heavy (non-hydrogen) atoms. The first-order valence-corrected chi connectivity index (χ1v) is 11.1. The molecule has 0 radical (unpaired) electrons. The molecule has 1 N–H and O–H groups in total. The van der Waals surface area contributed by atoms with E-state index in [0.29, 0.717) is 21.7 Å². The molecule has 164 valence electrons. The van der Waals surface area contributed by atoms with Crippen LogP contribution in [0, 0.1) is 5.82 Å². The molecule has 0 saturated carbocycles. The van der Waals surface area contributed by atoms with Crippen molar-refractivity contribution >= 4 is 51.9 Å². The highest BCUT2D eigenvalue weighted by atomic mass is 35.5. The normalized spacial score (nSPS) is 11.1. The van der Waals surface area contributed by atoms with Gasteiger partial charge in [-0.2, -0.15) is 5.10 Å². The first-order chi connectivity index (χ1) is 15.3. The summed E-state index contributed by atoms with van der Waals surface area (Å²) in [5.41, 5.74) is 0.870. The molecule has 11 heteroatoms. The van der Waals surface area contributed by atoms with E-state index in [1.165, 1.54) is 27.9 Å². The van der Waals surface area contributed by atoms with E-state index in [4.69, 9.17) is 23.2 Å². The number of rotatable bonds is 6. The van der Waals surface area contributed by atoms with Crippen molar-refractivity contribution in [2.24, 2.45) is 0 Å². The minimum atomic E-state index is -0.476. The van der Waals surface area contributed by atoms with Crippen molar-refractivity contribution in [2.45, 2.75) is 11.7 Å². The molecule has 0 bridgehead atoms. The number of carbonyl (C=O) groups excluding carboxylic acids is 1. The first kappa shape index (κ1) is 22.3. The molecule has 0 fully saturated rings. The molecule has 7 nitrogen and oxygen atoms in total. The summed E-state index contributed by atoms with van der Waals surface area (Å²) in [6, 6.07) is 11.4. The van der Waals surface area contributed by atoms with Crippen molar-refractivity contribution in [3.05, 3.63) is 80.4 Å². The van der Waals surface area contributed by atoms with Gasteiger partial charge in [-0.1, -0.05) is 47.1 Å². The lowest BCUT2D eigenvalue weighted by Gasteiger charge is -2.18. The zero-order valence-electron chi connectivity index (χ0n) is 16.7. The van der Waals surface area contributed by atoms with Gasteiger partial charge in [-0.15, -0.1) is 0 Å². The lowest BCUT2D eigenvalue weighted by molar-refractivity contribution is -0.127. The molecule has 0 saturated heterocycles. The lowest BCUT2D eigenvalue weighted by Crippen LogP contribution is -2.28. The number of carbonyl (C=O) groups is 1. The van der Waals surface area contributed by atoms with Crippen molar-refractivity contribution in [1.29, 1.82) is 0 Å². The van der Waals surface area contributed by atoms with Crippen LogP contribution < -0.4 is 5.56 Å². The van der Waals surface area contributed by atoms with Gasteiger partial charge in [-0.05, 0) is 30.3 Å². The molecule has 0 aliphatic carbocycles. The SMILES string of the molecule is CN(Cc1c(F)cccc1Cl)C(=O)CSc1nc2c(cnn2-c2cccc(Cl)c2)c(=O)[nH]1. The molecule has 0 aliphatic heterocycles. The Hall–Kier alpha value is -2.88. The van der Waals surface area contributed by atoms with E-state index in [9.17, 15) is 14.0 Å². The van der Waals surface area contributed by atoms with Gasteiger partial charge in [0.2, 0.25) is 5.91 Å². The molecule has 4 aromatic rings. The molecule has 2 aromatic carbocycles. The molecule has 4 rings (SSSR count). The molecular formula is C21H16Cl2FN5O2S. The summed E-state index contributed by atoms with van der Waals surface area (Å²) in [5, 5.41) is 5.59. The van der Waals surface area contributed by atoms with Crippen molar-refractivity contribution in [2.75, 3.05) is 12.8 Å². The third-order valence-corrected chi connectivity index (χ3v) is 6.13. The maximum absolute atomic E-state index is 14.0. The predicted octanol–water partition coefficient (Wildman–Crippen LogP) is 4.31. The maximum Gasteiger partial charge on any atom is 0.262 e. The Kier molecular flexibility index (Phi) is 6.50. The summed E-state index contributed by atoms with van der Waals surface area (Å²) in [5.74, 6) is -0.765. The Morgan fingerprint density at radius 3 is 2.78 bits per heavy atom. The number of amides is 1. The quantitative estimate of drug-likeness (QED) is 0.321. The number of H-pyrrole nitrogens is 1. The second kappa shape index (κ2) is 9.32. The van der Waals surface area contributed by atoms with E-state index < -0.39 is 5.82 Å². The van der Waals surface area contributed by atoms with Crippen molar-refractivity contribution in [3.63, 3.8) is 0 Å². The zero-order valence-corrected chi connectivity index (χ0v) is 19.0. The van der Waals surface area contributed by atoms with Crippen molar-refractivity contribution in [1.82, 2.24) is 24.6 Å². The Morgan fingerprint density at radius 2 is 2.03 bits per heavy atom. The smallest absolute Gasteiger partial charge is 0.262 e. The van der Waals surface area contributed by atoms with Crippen LogP contribution in [0.25, 0.3) is 16.7 Å². The highest BCUT2D eigenvalue weighted by molar-refractivity contribution is 7.99. The lowest BCUT2D eigenvalue weighted by atomic mass is 10.2. The number of fused-ring (bicyclic) bond motifs is 1. The Morgan fingerprint density at radius 1 is 1.25 bits per heavy atom. The van der Waals surface area contributed by atoms with Crippen LogP contribution in [0.2, 0.25) is 10.0 Å². The van der Waals surface area contributed by atoms with Crippen LogP contribution in [-0.4, -0.2) is 43.4 Å². The van der Waals surface area contributed by atoms with Gasteiger partial charge < -0.3 is 9.88 Å². The number of aromatic nitrogens is 4. The van der Waals surface area contributed by atoms with Crippen LogP contribution in [-0.2, 0) is 11.3 Å². The van der Waals surface area contributed by atoms with Gasteiger partial charge in [0.25, 0.3) is 5.56 Å². The van der Waals surface area contributed by atoms with Gasteiger partial charge in [0.05, 0.1) is 17.6 Å². The summed E-state index contributed by atoms with van der Waals surface area (Å²) < 4.78 is 15.5. The van der Waals surface area contributed by atoms with Crippen molar-refractivity contribution in [3.8, 4) is 5.69 Å². The number of thioether (sulfide) groups is 1. The zero-order chi connectivity index (χ0) is 22.8. The predicted molar refractivity (Wildman–Crippen MR) is 123 cm³/mol. The molecule has 0 aliphatic rings. The molecule has 0 unspecified atom stereocenters. The van der Waals surface area contributed by atoms with Crippen molar-refractivity contribution < 1.29 is 9.18 Å². The number of aromatic amines is 1. The summed E-state index contributed by atoms with van der Waals surface area (Å²) in [6.07, 6.45) is 1.42. The van der Waals surface area contributed by atoms with Gasteiger partial charge in [0.1, 0.15) is 11.2 Å².